The number of phenols is 2. The second kappa shape index (κ2) is 12.7. The first-order valence-corrected chi connectivity index (χ1v) is 15.5. The smallest absolute Gasteiger partial charge is 0.122 e. The molecular formula is C32H57O5P. The third kappa shape index (κ3) is 11.6. The summed E-state index contributed by atoms with van der Waals surface area (Å²) in [6.07, 6.45) is 0.0764. The topological polar surface area (TPSA) is 101 Å². The van der Waals surface area contributed by atoms with Crippen LogP contribution in [0.25, 0.3) is 0 Å². The van der Waals surface area contributed by atoms with Crippen LogP contribution < -0.4 is 0 Å². The number of aryl methyl sites for hydroxylation is 2. The third-order valence-corrected chi connectivity index (χ3v) is 7.37. The zero-order valence-corrected chi connectivity index (χ0v) is 27.8. The fraction of sp³-hybridized carbons (Fsp3) is 0.625. The molecule has 0 unspecified atom stereocenters. The van der Waals surface area contributed by atoms with E-state index >= 15 is 0 Å². The van der Waals surface area contributed by atoms with E-state index in [1.54, 1.807) is 0 Å². The van der Waals surface area contributed by atoms with Crippen LogP contribution >= 0.6 is 7.94 Å². The number of hydrogen-bond donors (Lipinski definition) is 5. The Hall–Kier alpha value is -1.65. The number of hydrogen-bond acceptors (Lipinski definition) is 5. The summed E-state index contributed by atoms with van der Waals surface area (Å²) >= 11 is 0. The van der Waals surface area contributed by atoms with Crippen molar-refractivity contribution in [1.29, 1.82) is 0 Å². The molecule has 38 heavy (non-hydrogen) atoms. The summed E-state index contributed by atoms with van der Waals surface area (Å²) in [5.74, 6) is 0.890. The molecule has 6 heteroatoms. The van der Waals surface area contributed by atoms with Crippen LogP contribution in [0, 0.1) is 13.8 Å². The van der Waals surface area contributed by atoms with E-state index in [1.807, 2.05) is 13.8 Å². The number of rotatable bonds is 1. The Balaban J connectivity index is 0.000000596. The van der Waals surface area contributed by atoms with E-state index in [1.165, 1.54) is 18.1 Å². The SMILES string of the molecule is CC[PH](O)(O)O.Cc1cc(C(C)(C)C)cc(C(C)(C)C)c1O.Cc1cc(C(C)(C)C)cc(C(C)(C)C)c1O. The molecule has 0 aromatic heterocycles. The Labute approximate surface area is 233 Å². The van der Waals surface area contributed by atoms with Crippen molar-refractivity contribution in [2.75, 3.05) is 6.16 Å². The van der Waals surface area contributed by atoms with Gasteiger partial charge in [-0.1, -0.05) is 107 Å². The summed E-state index contributed by atoms with van der Waals surface area (Å²) in [7, 11) is -3.63. The predicted molar refractivity (Wildman–Crippen MR) is 166 cm³/mol. The molecule has 2 aromatic rings. The van der Waals surface area contributed by atoms with E-state index in [0.717, 1.165) is 22.3 Å². The van der Waals surface area contributed by atoms with Gasteiger partial charge < -0.3 is 10.2 Å². The maximum atomic E-state index is 10.1. The Morgan fingerprint density at radius 2 is 0.763 bits per heavy atom. The van der Waals surface area contributed by atoms with Gasteiger partial charge in [0.15, 0.2) is 0 Å². The average Bonchev–Trinajstić information content (AvgIpc) is 2.68. The summed E-state index contributed by atoms with van der Waals surface area (Å²) in [5.41, 5.74) is 6.80. The van der Waals surface area contributed by atoms with Gasteiger partial charge in [0.1, 0.15) is 11.5 Å². The minimum absolute atomic E-state index is 0.0178. The van der Waals surface area contributed by atoms with E-state index in [9.17, 15) is 10.2 Å². The van der Waals surface area contributed by atoms with Gasteiger partial charge >= 0.3 is 35.7 Å². The fourth-order valence-corrected chi connectivity index (χ4v) is 3.57. The Morgan fingerprint density at radius 1 is 0.526 bits per heavy atom. The molecule has 0 amide bonds. The minimum atomic E-state index is -3.63. The average molecular weight is 553 g/mol. The molecule has 0 aliphatic carbocycles. The van der Waals surface area contributed by atoms with Gasteiger partial charge in [0.2, 0.25) is 0 Å². The number of benzene rings is 2. The molecular weight excluding hydrogens is 495 g/mol. The zero-order valence-electron chi connectivity index (χ0n) is 26.8. The van der Waals surface area contributed by atoms with Crippen LogP contribution in [0.4, 0.5) is 0 Å². The molecule has 0 bridgehead atoms. The van der Waals surface area contributed by atoms with Gasteiger partial charge in [-0.05, 0) is 68.9 Å². The van der Waals surface area contributed by atoms with E-state index in [-0.39, 0.29) is 27.8 Å². The van der Waals surface area contributed by atoms with E-state index in [2.05, 4.69) is 107 Å². The second-order valence-electron chi connectivity index (χ2n) is 14.5. The first-order chi connectivity index (χ1) is 16.6. The molecule has 0 saturated heterocycles. The van der Waals surface area contributed by atoms with Gasteiger partial charge in [-0.3, -0.25) is 0 Å². The van der Waals surface area contributed by atoms with Gasteiger partial charge in [0.05, 0.1) is 0 Å². The maximum Gasteiger partial charge on any atom is 0.122 e. The number of phenolic OH excluding ortho intramolecular Hbond substituents is 2. The van der Waals surface area contributed by atoms with Crippen molar-refractivity contribution in [2.24, 2.45) is 0 Å². The molecule has 0 heterocycles. The summed E-state index contributed by atoms with van der Waals surface area (Å²) in [6, 6.07) is 8.46. The summed E-state index contributed by atoms with van der Waals surface area (Å²) < 4.78 is 0. The molecule has 0 spiro atoms. The third-order valence-electron chi connectivity index (χ3n) is 6.42. The fourth-order valence-electron chi connectivity index (χ4n) is 3.57. The maximum absolute atomic E-state index is 10.1. The molecule has 0 atom stereocenters. The van der Waals surface area contributed by atoms with Gasteiger partial charge in [0.25, 0.3) is 0 Å². The van der Waals surface area contributed by atoms with E-state index < -0.39 is 7.94 Å². The summed E-state index contributed by atoms with van der Waals surface area (Å²) in [6.45, 7) is 31.5. The van der Waals surface area contributed by atoms with Crippen LogP contribution in [-0.2, 0) is 21.7 Å². The first-order valence-electron chi connectivity index (χ1n) is 13.5. The van der Waals surface area contributed by atoms with Crippen molar-refractivity contribution in [1.82, 2.24) is 0 Å². The van der Waals surface area contributed by atoms with Crippen molar-refractivity contribution in [3.63, 3.8) is 0 Å². The molecule has 2 aromatic carbocycles. The predicted octanol–water partition coefficient (Wildman–Crippen LogP) is 8.07. The van der Waals surface area contributed by atoms with Crippen LogP contribution in [0.3, 0.4) is 0 Å². The molecule has 5 nitrogen and oxygen atoms in total. The Morgan fingerprint density at radius 3 is 0.921 bits per heavy atom. The summed E-state index contributed by atoms with van der Waals surface area (Å²) in [4.78, 5) is 24.2. The monoisotopic (exact) mass is 552 g/mol. The molecule has 0 aliphatic rings. The van der Waals surface area contributed by atoms with Gasteiger partial charge in [-0.25, -0.2) is 0 Å². The second-order valence-corrected chi connectivity index (χ2v) is 16.8. The molecule has 5 N–H and O–H groups in total. The standard InChI is InChI=1S/2C15H24O.C2H9O3P/c2*1-10-8-11(14(2,3)4)9-12(13(10)16)15(5,6)7;1-2-6(3,4)5/h2*8-9,16H,1-7H3;3-6H,2H2,1H3. The first kappa shape index (κ1) is 36.4. The van der Waals surface area contributed by atoms with Crippen molar-refractivity contribution >= 4 is 7.94 Å². The molecule has 0 fully saturated rings. The van der Waals surface area contributed by atoms with E-state index in [4.69, 9.17) is 14.7 Å². The molecule has 0 aliphatic heterocycles. The van der Waals surface area contributed by atoms with Crippen molar-refractivity contribution in [2.45, 2.75) is 126 Å². The van der Waals surface area contributed by atoms with Crippen molar-refractivity contribution in [3.8, 4) is 11.5 Å². The minimum Gasteiger partial charge on any atom is -0.507 e. The van der Waals surface area contributed by atoms with Crippen LogP contribution in [0.1, 0.15) is 123 Å². The largest absolute Gasteiger partial charge is 0.507 e. The van der Waals surface area contributed by atoms with Crippen LogP contribution in [0.15, 0.2) is 24.3 Å². The van der Waals surface area contributed by atoms with Crippen molar-refractivity contribution in [3.05, 3.63) is 57.6 Å². The molecule has 0 radical (unpaired) electrons. The van der Waals surface area contributed by atoms with Crippen LogP contribution in [-0.4, -0.2) is 31.1 Å². The Bertz CT molecular complexity index is 975. The van der Waals surface area contributed by atoms with Crippen LogP contribution in [0.2, 0.25) is 0 Å². The van der Waals surface area contributed by atoms with Crippen molar-refractivity contribution < 1.29 is 24.9 Å². The normalized spacial score (nSPS) is 13.2. The molecule has 0 saturated carbocycles. The van der Waals surface area contributed by atoms with Crippen LogP contribution in [0.5, 0.6) is 11.5 Å². The number of aromatic hydroxyl groups is 2. The summed E-state index contributed by atoms with van der Waals surface area (Å²) in [5, 5.41) is 20.2. The van der Waals surface area contributed by atoms with Gasteiger partial charge in [0, 0.05) is 0 Å². The Kier molecular flexibility index (Phi) is 12.1. The van der Waals surface area contributed by atoms with Gasteiger partial charge in [-0.15, -0.1) is 0 Å². The van der Waals surface area contributed by atoms with Gasteiger partial charge in [-0.2, -0.15) is 0 Å². The molecule has 220 valence electrons. The zero-order chi connectivity index (χ0) is 30.7. The molecule has 2 rings (SSSR count). The quantitative estimate of drug-likeness (QED) is 0.230. The van der Waals surface area contributed by atoms with E-state index in [0.29, 0.717) is 11.5 Å².